The summed E-state index contributed by atoms with van der Waals surface area (Å²) in [5.74, 6) is 0.963. The van der Waals surface area contributed by atoms with Crippen LogP contribution in [0.1, 0.15) is 52.9 Å². The molecule has 4 atom stereocenters. The summed E-state index contributed by atoms with van der Waals surface area (Å²) in [5.41, 5.74) is 0. The van der Waals surface area contributed by atoms with E-state index >= 15 is 0 Å². The summed E-state index contributed by atoms with van der Waals surface area (Å²) >= 11 is 0. The molecule has 98 valence electrons. The molecule has 0 aromatic heterocycles. The fraction of sp³-hybridized carbons (Fsp3) is 0.929. The van der Waals surface area contributed by atoms with Crippen LogP contribution in [0.4, 0.5) is 0 Å². The Morgan fingerprint density at radius 1 is 1.24 bits per heavy atom. The van der Waals surface area contributed by atoms with Crippen LogP contribution in [-0.2, 0) is 9.53 Å². The fourth-order valence-electron chi connectivity index (χ4n) is 2.83. The van der Waals surface area contributed by atoms with Gasteiger partial charge < -0.3 is 10.1 Å². The van der Waals surface area contributed by atoms with Gasteiger partial charge in [-0.1, -0.05) is 20.8 Å². The molecule has 2 rings (SSSR count). The van der Waals surface area contributed by atoms with Gasteiger partial charge in [-0.3, -0.25) is 4.79 Å². The highest BCUT2D eigenvalue weighted by molar-refractivity contribution is 5.69. The summed E-state index contributed by atoms with van der Waals surface area (Å²) in [5, 5.41) is 3.56. The Hall–Kier alpha value is -0.570. The third-order valence-corrected chi connectivity index (χ3v) is 4.35. The molecular weight excluding hydrogens is 214 g/mol. The molecule has 2 aliphatic heterocycles. The van der Waals surface area contributed by atoms with Crippen LogP contribution in [0.2, 0.25) is 0 Å². The Kier molecular flexibility index (Phi) is 4.08. The van der Waals surface area contributed by atoms with Crippen molar-refractivity contribution in [1.82, 2.24) is 5.32 Å². The molecule has 2 heterocycles. The minimum Gasteiger partial charge on any atom is -0.462 e. The van der Waals surface area contributed by atoms with Gasteiger partial charge >= 0.3 is 5.97 Å². The second kappa shape index (κ2) is 5.38. The first-order valence-corrected chi connectivity index (χ1v) is 7.00. The van der Waals surface area contributed by atoms with E-state index in [4.69, 9.17) is 4.74 Å². The molecule has 17 heavy (non-hydrogen) atoms. The molecule has 0 aliphatic carbocycles. The zero-order valence-corrected chi connectivity index (χ0v) is 11.2. The Morgan fingerprint density at radius 2 is 1.82 bits per heavy atom. The van der Waals surface area contributed by atoms with Crippen molar-refractivity contribution < 1.29 is 9.53 Å². The highest BCUT2D eigenvalue weighted by Gasteiger charge is 2.35. The predicted octanol–water partition coefficient (Wildman–Crippen LogP) is 2.49. The summed E-state index contributed by atoms with van der Waals surface area (Å²) in [6.07, 6.45) is 5.26. The Morgan fingerprint density at radius 3 is 2.35 bits per heavy atom. The molecule has 1 N–H and O–H groups in total. The van der Waals surface area contributed by atoms with Crippen molar-refractivity contribution in [3.8, 4) is 0 Å². The highest BCUT2D eigenvalue weighted by atomic mass is 16.5. The summed E-state index contributed by atoms with van der Waals surface area (Å²) in [6.45, 7) is 6.43. The predicted molar refractivity (Wildman–Crippen MR) is 67.7 cm³/mol. The van der Waals surface area contributed by atoms with Gasteiger partial charge in [0.15, 0.2) is 0 Å². The number of hydrogen-bond donors (Lipinski definition) is 1. The highest BCUT2D eigenvalue weighted by Crippen LogP contribution is 2.29. The number of rotatable bonds is 4. The minimum absolute atomic E-state index is 0.00231. The lowest BCUT2D eigenvalue weighted by molar-refractivity contribution is -0.152. The number of hydrogen-bond acceptors (Lipinski definition) is 3. The average Bonchev–Trinajstić information content (AvgIpc) is 2.57. The number of fused-ring (bicyclic) bond motifs is 2. The second-order valence-electron chi connectivity index (χ2n) is 6.15. The molecular formula is C14H25NO2. The molecule has 2 unspecified atom stereocenters. The molecule has 0 aromatic carbocycles. The van der Waals surface area contributed by atoms with Gasteiger partial charge in [0, 0.05) is 18.5 Å². The van der Waals surface area contributed by atoms with E-state index in [0.29, 0.717) is 30.3 Å². The monoisotopic (exact) mass is 239 g/mol. The zero-order valence-electron chi connectivity index (χ0n) is 11.2. The molecule has 2 fully saturated rings. The third-order valence-electron chi connectivity index (χ3n) is 4.35. The third kappa shape index (κ3) is 3.44. The Labute approximate surface area is 104 Å². The van der Waals surface area contributed by atoms with Crippen molar-refractivity contribution in [3.05, 3.63) is 0 Å². The second-order valence-corrected chi connectivity index (χ2v) is 6.15. The first-order chi connectivity index (χ1) is 8.04. The number of carbonyl (C=O) groups is 1. The van der Waals surface area contributed by atoms with Crippen LogP contribution in [0.5, 0.6) is 0 Å². The first-order valence-electron chi connectivity index (χ1n) is 7.00. The van der Waals surface area contributed by atoms with E-state index in [1.54, 1.807) is 0 Å². The van der Waals surface area contributed by atoms with Crippen molar-refractivity contribution >= 4 is 5.97 Å². The smallest absolute Gasteiger partial charge is 0.306 e. The van der Waals surface area contributed by atoms with E-state index in [0.717, 1.165) is 12.8 Å². The molecule has 2 aliphatic rings. The SMILES string of the molecule is CC(C)C(C)CC(=O)OC1C[C@H]2CC[C@@H](C1)N2. The van der Waals surface area contributed by atoms with Gasteiger partial charge in [-0.25, -0.2) is 0 Å². The molecule has 0 aromatic rings. The van der Waals surface area contributed by atoms with Crippen LogP contribution < -0.4 is 5.32 Å². The molecule has 0 spiro atoms. The van der Waals surface area contributed by atoms with Gasteiger partial charge in [-0.05, 0) is 37.5 Å². The molecule has 3 nitrogen and oxygen atoms in total. The quantitative estimate of drug-likeness (QED) is 0.766. The maximum atomic E-state index is 11.8. The summed E-state index contributed by atoms with van der Waals surface area (Å²) in [6, 6.07) is 1.18. The molecule has 0 saturated carbocycles. The number of esters is 1. The van der Waals surface area contributed by atoms with E-state index in [1.807, 2.05) is 0 Å². The van der Waals surface area contributed by atoms with Gasteiger partial charge in [0.25, 0.3) is 0 Å². The molecule has 0 amide bonds. The van der Waals surface area contributed by atoms with E-state index in [9.17, 15) is 4.79 Å². The van der Waals surface area contributed by atoms with Crippen LogP contribution in [0.15, 0.2) is 0 Å². The van der Waals surface area contributed by atoms with Gasteiger partial charge in [-0.2, -0.15) is 0 Å². The number of ether oxygens (including phenoxy) is 1. The van der Waals surface area contributed by atoms with Crippen LogP contribution in [0.25, 0.3) is 0 Å². The van der Waals surface area contributed by atoms with Gasteiger partial charge in [0.2, 0.25) is 0 Å². The Bertz CT molecular complexity index is 265. The lowest BCUT2D eigenvalue weighted by Gasteiger charge is -2.29. The van der Waals surface area contributed by atoms with Crippen LogP contribution >= 0.6 is 0 Å². The van der Waals surface area contributed by atoms with Gasteiger partial charge in [0.05, 0.1) is 0 Å². The van der Waals surface area contributed by atoms with Crippen molar-refractivity contribution in [2.24, 2.45) is 11.8 Å². The van der Waals surface area contributed by atoms with Crippen LogP contribution in [0, 0.1) is 11.8 Å². The summed E-state index contributed by atoms with van der Waals surface area (Å²) in [7, 11) is 0. The average molecular weight is 239 g/mol. The van der Waals surface area contributed by atoms with E-state index in [2.05, 4.69) is 26.1 Å². The standard InChI is InChI=1S/C14H25NO2/c1-9(2)10(3)6-14(16)17-13-7-11-4-5-12(8-13)15-11/h9-13,15H,4-8H2,1-3H3/t10?,11-,12+,13?. The fourth-order valence-corrected chi connectivity index (χ4v) is 2.83. The van der Waals surface area contributed by atoms with E-state index in [1.165, 1.54) is 12.8 Å². The normalized spacial score (nSPS) is 33.8. The van der Waals surface area contributed by atoms with Crippen molar-refractivity contribution in [2.45, 2.75) is 71.1 Å². The number of nitrogens with one attached hydrogen (secondary N) is 1. The topological polar surface area (TPSA) is 38.3 Å². The van der Waals surface area contributed by atoms with Crippen molar-refractivity contribution in [3.63, 3.8) is 0 Å². The number of carbonyl (C=O) groups excluding carboxylic acids is 1. The lowest BCUT2D eigenvalue weighted by Crippen LogP contribution is -2.42. The van der Waals surface area contributed by atoms with Crippen LogP contribution in [0.3, 0.4) is 0 Å². The lowest BCUT2D eigenvalue weighted by atomic mass is 9.95. The van der Waals surface area contributed by atoms with Crippen LogP contribution in [-0.4, -0.2) is 24.2 Å². The van der Waals surface area contributed by atoms with Crippen molar-refractivity contribution in [1.29, 1.82) is 0 Å². The first kappa shape index (κ1) is 12.9. The number of piperidine rings is 1. The van der Waals surface area contributed by atoms with E-state index < -0.39 is 0 Å². The Balaban J connectivity index is 1.75. The van der Waals surface area contributed by atoms with Gasteiger partial charge in [0.1, 0.15) is 6.10 Å². The molecule has 0 radical (unpaired) electrons. The van der Waals surface area contributed by atoms with E-state index in [-0.39, 0.29) is 12.1 Å². The maximum absolute atomic E-state index is 11.8. The van der Waals surface area contributed by atoms with Gasteiger partial charge in [-0.15, -0.1) is 0 Å². The maximum Gasteiger partial charge on any atom is 0.306 e. The summed E-state index contributed by atoms with van der Waals surface area (Å²) < 4.78 is 5.61. The molecule has 3 heteroatoms. The molecule has 2 bridgehead atoms. The zero-order chi connectivity index (χ0) is 12.4. The van der Waals surface area contributed by atoms with Crippen molar-refractivity contribution in [2.75, 3.05) is 0 Å². The minimum atomic E-state index is -0.00231. The summed E-state index contributed by atoms with van der Waals surface area (Å²) in [4.78, 5) is 11.8. The largest absolute Gasteiger partial charge is 0.462 e. The molecule has 2 saturated heterocycles.